The second-order valence-electron chi connectivity index (χ2n) is 7.09. The Kier molecular flexibility index (Phi) is 7.92. The topological polar surface area (TPSA) is 61.4 Å². The van der Waals surface area contributed by atoms with Gasteiger partial charge in [-0.05, 0) is 69.5 Å². The second-order valence-corrected chi connectivity index (χ2v) is 7.09. The number of anilines is 2. The number of nitrogens with one attached hydrogen (secondary N) is 2. The molecule has 0 radical (unpaired) electrons. The lowest BCUT2D eigenvalue weighted by molar-refractivity contribution is -0.117. The third kappa shape index (κ3) is 7.26. The Morgan fingerprint density at radius 1 is 1.08 bits per heavy atom. The number of piperidine rings is 1. The molecule has 25 heavy (non-hydrogen) atoms. The summed E-state index contributed by atoms with van der Waals surface area (Å²) in [4.78, 5) is 26.2. The van der Waals surface area contributed by atoms with Crippen LogP contribution in [-0.2, 0) is 9.59 Å². The van der Waals surface area contributed by atoms with Crippen LogP contribution in [0.5, 0.6) is 0 Å². The van der Waals surface area contributed by atoms with Crippen molar-refractivity contribution < 1.29 is 9.59 Å². The summed E-state index contributed by atoms with van der Waals surface area (Å²) in [5.74, 6) is 0.731. The molecule has 1 aromatic rings. The van der Waals surface area contributed by atoms with E-state index in [2.05, 4.69) is 29.5 Å². The summed E-state index contributed by atoms with van der Waals surface area (Å²) >= 11 is 0. The van der Waals surface area contributed by atoms with E-state index >= 15 is 0 Å². The minimum Gasteiger partial charge on any atom is -0.326 e. The standard InChI is InChI=1S/C20H31N3O2/c1-3-4-7-19(24)21-17-9-11-18(12-10-17)22-20(25)13-8-16-6-5-14-23(2)15-16/h9-12,16H,3-8,13-15H2,1-2H3,(H,21,24)(H,22,25). The van der Waals surface area contributed by atoms with Crippen LogP contribution < -0.4 is 10.6 Å². The van der Waals surface area contributed by atoms with Crippen LogP contribution in [0, 0.1) is 5.92 Å². The number of amides is 2. The maximum absolute atomic E-state index is 12.1. The van der Waals surface area contributed by atoms with Crippen molar-refractivity contribution in [2.45, 2.75) is 51.9 Å². The molecule has 1 aromatic carbocycles. The smallest absolute Gasteiger partial charge is 0.224 e. The highest BCUT2D eigenvalue weighted by molar-refractivity contribution is 5.92. The largest absolute Gasteiger partial charge is 0.326 e. The van der Waals surface area contributed by atoms with Crippen LogP contribution in [0.2, 0.25) is 0 Å². The third-order valence-electron chi connectivity index (χ3n) is 4.71. The maximum atomic E-state index is 12.1. The van der Waals surface area contributed by atoms with Gasteiger partial charge in [-0.2, -0.15) is 0 Å². The SMILES string of the molecule is CCCCC(=O)Nc1ccc(NC(=O)CCC2CCCN(C)C2)cc1. The van der Waals surface area contributed by atoms with Crippen molar-refractivity contribution >= 4 is 23.2 Å². The lowest BCUT2D eigenvalue weighted by atomic mass is 9.93. The van der Waals surface area contributed by atoms with Gasteiger partial charge >= 0.3 is 0 Å². The molecule has 5 heteroatoms. The number of carbonyl (C=O) groups is 2. The van der Waals surface area contributed by atoms with Gasteiger partial charge in [-0.3, -0.25) is 9.59 Å². The number of hydrogen-bond donors (Lipinski definition) is 2. The Morgan fingerprint density at radius 3 is 2.24 bits per heavy atom. The van der Waals surface area contributed by atoms with Gasteiger partial charge in [0, 0.05) is 30.8 Å². The van der Waals surface area contributed by atoms with Gasteiger partial charge in [0.25, 0.3) is 0 Å². The quantitative estimate of drug-likeness (QED) is 0.752. The monoisotopic (exact) mass is 345 g/mol. The highest BCUT2D eigenvalue weighted by atomic mass is 16.2. The lowest BCUT2D eigenvalue weighted by Crippen LogP contribution is -2.32. The van der Waals surface area contributed by atoms with Crippen molar-refractivity contribution in [2.24, 2.45) is 5.92 Å². The molecule has 0 saturated carbocycles. The Labute approximate surface area is 151 Å². The van der Waals surface area contributed by atoms with Crippen LogP contribution in [0.4, 0.5) is 11.4 Å². The molecule has 5 nitrogen and oxygen atoms in total. The van der Waals surface area contributed by atoms with Crippen LogP contribution in [0.1, 0.15) is 51.9 Å². The van der Waals surface area contributed by atoms with Crippen molar-refractivity contribution in [3.05, 3.63) is 24.3 Å². The van der Waals surface area contributed by atoms with Gasteiger partial charge in [0.1, 0.15) is 0 Å². The number of nitrogens with zero attached hydrogens (tertiary/aromatic N) is 1. The Balaban J connectivity index is 1.72. The van der Waals surface area contributed by atoms with Crippen molar-refractivity contribution in [1.29, 1.82) is 0 Å². The molecule has 1 aliphatic rings. The first kappa shape index (κ1) is 19.4. The first-order chi connectivity index (χ1) is 12.1. The average molecular weight is 345 g/mol. The number of rotatable bonds is 8. The minimum atomic E-state index is 0.0380. The van der Waals surface area contributed by atoms with Crippen LogP contribution >= 0.6 is 0 Å². The zero-order valence-corrected chi connectivity index (χ0v) is 15.5. The molecule has 1 atom stereocenters. The Hall–Kier alpha value is -1.88. The number of unbranched alkanes of at least 4 members (excludes halogenated alkanes) is 1. The van der Waals surface area contributed by atoms with Crippen molar-refractivity contribution in [1.82, 2.24) is 4.90 Å². The fourth-order valence-corrected chi connectivity index (χ4v) is 3.27. The van der Waals surface area contributed by atoms with Gasteiger partial charge in [0.05, 0.1) is 0 Å². The lowest BCUT2D eigenvalue weighted by Gasteiger charge is -2.29. The molecule has 1 unspecified atom stereocenters. The molecule has 0 bridgehead atoms. The number of carbonyl (C=O) groups excluding carboxylic acids is 2. The van der Waals surface area contributed by atoms with E-state index in [1.54, 1.807) is 0 Å². The van der Waals surface area contributed by atoms with E-state index in [0.29, 0.717) is 18.8 Å². The minimum absolute atomic E-state index is 0.0380. The van der Waals surface area contributed by atoms with E-state index in [1.165, 1.54) is 19.4 Å². The van der Waals surface area contributed by atoms with Gasteiger partial charge in [-0.25, -0.2) is 0 Å². The zero-order valence-electron chi connectivity index (χ0n) is 15.5. The second kappa shape index (κ2) is 10.2. The Bertz CT molecular complexity index is 557. The molecule has 0 spiro atoms. The molecular formula is C20H31N3O2. The van der Waals surface area contributed by atoms with Crippen molar-refractivity contribution in [3.8, 4) is 0 Å². The van der Waals surface area contributed by atoms with Crippen LogP contribution in [0.3, 0.4) is 0 Å². The average Bonchev–Trinajstić information content (AvgIpc) is 2.60. The molecule has 0 aromatic heterocycles. The summed E-state index contributed by atoms with van der Waals surface area (Å²) < 4.78 is 0. The highest BCUT2D eigenvalue weighted by Gasteiger charge is 2.18. The first-order valence-corrected chi connectivity index (χ1v) is 9.45. The van der Waals surface area contributed by atoms with Crippen LogP contribution in [0.15, 0.2) is 24.3 Å². The van der Waals surface area contributed by atoms with E-state index < -0.39 is 0 Å². The molecule has 1 heterocycles. The predicted octanol–water partition coefficient (Wildman–Crippen LogP) is 3.88. The number of hydrogen-bond acceptors (Lipinski definition) is 3. The van der Waals surface area contributed by atoms with E-state index in [9.17, 15) is 9.59 Å². The maximum Gasteiger partial charge on any atom is 0.224 e. The molecule has 1 saturated heterocycles. The van der Waals surface area contributed by atoms with Gasteiger partial charge in [0.15, 0.2) is 0 Å². The van der Waals surface area contributed by atoms with Crippen molar-refractivity contribution in [2.75, 3.05) is 30.8 Å². The summed E-state index contributed by atoms with van der Waals surface area (Å²) in [6.07, 6.45) is 6.42. The van der Waals surface area contributed by atoms with E-state index in [4.69, 9.17) is 0 Å². The van der Waals surface area contributed by atoms with Gasteiger partial charge in [-0.15, -0.1) is 0 Å². The van der Waals surface area contributed by atoms with Crippen LogP contribution in [-0.4, -0.2) is 36.9 Å². The molecule has 1 fully saturated rings. The molecule has 2 N–H and O–H groups in total. The number of benzene rings is 1. The van der Waals surface area contributed by atoms with E-state index in [1.807, 2.05) is 24.3 Å². The fourth-order valence-electron chi connectivity index (χ4n) is 3.27. The summed E-state index contributed by atoms with van der Waals surface area (Å²) in [6.45, 7) is 4.33. The summed E-state index contributed by atoms with van der Waals surface area (Å²) in [5, 5.41) is 5.82. The van der Waals surface area contributed by atoms with E-state index in [0.717, 1.165) is 37.2 Å². The normalized spacial score (nSPS) is 17.9. The zero-order chi connectivity index (χ0) is 18.1. The molecule has 0 aliphatic carbocycles. The summed E-state index contributed by atoms with van der Waals surface area (Å²) in [7, 11) is 2.15. The van der Waals surface area contributed by atoms with Gasteiger partial charge < -0.3 is 15.5 Å². The third-order valence-corrected chi connectivity index (χ3v) is 4.71. The first-order valence-electron chi connectivity index (χ1n) is 9.45. The van der Waals surface area contributed by atoms with Crippen molar-refractivity contribution in [3.63, 3.8) is 0 Å². The predicted molar refractivity (Wildman–Crippen MR) is 103 cm³/mol. The molecule has 1 aliphatic heterocycles. The van der Waals surface area contributed by atoms with E-state index in [-0.39, 0.29) is 11.8 Å². The molecular weight excluding hydrogens is 314 g/mol. The van der Waals surface area contributed by atoms with Crippen LogP contribution in [0.25, 0.3) is 0 Å². The molecule has 2 rings (SSSR count). The van der Waals surface area contributed by atoms with Gasteiger partial charge in [-0.1, -0.05) is 13.3 Å². The summed E-state index contributed by atoms with van der Waals surface area (Å²) in [5.41, 5.74) is 1.54. The molecule has 2 amide bonds. The highest BCUT2D eigenvalue weighted by Crippen LogP contribution is 2.20. The summed E-state index contributed by atoms with van der Waals surface area (Å²) in [6, 6.07) is 7.33. The Morgan fingerprint density at radius 2 is 1.68 bits per heavy atom. The van der Waals surface area contributed by atoms with Gasteiger partial charge in [0.2, 0.25) is 11.8 Å². The molecule has 138 valence electrons. The number of likely N-dealkylation sites (tertiary alicyclic amines) is 1. The fraction of sp³-hybridized carbons (Fsp3) is 0.600.